The maximum atomic E-state index is 13.6. The molecular formula is C50H55Cl2N7O6. The molecule has 0 N–H and O–H groups in total. The highest BCUT2D eigenvalue weighted by atomic mass is 35.5. The fourth-order valence-electron chi connectivity index (χ4n) is 7.39. The average Bonchev–Trinajstić information content (AvgIpc) is 3.33. The topological polar surface area (TPSA) is 140 Å². The van der Waals surface area contributed by atoms with Crippen LogP contribution >= 0.6 is 24.8 Å². The highest BCUT2D eigenvalue weighted by Gasteiger charge is 2.36. The van der Waals surface area contributed by atoms with Crippen molar-refractivity contribution in [3.05, 3.63) is 158 Å². The lowest BCUT2D eigenvalue weighted by Gasteiger charge is -2.41. The average molecular weight is 921 g/mol. The lowest BCUT2D eigenvalue weighted by atomic mass is 10.0. The van der Waals surface area contributed by atoms with Crippen LogP contribution < -0.4 is 9.47 Å². The molecule has 0 bridgehead atoms. The number of carbonyl (C=O) groups excluding carboxylic acids is 3. The Bertz CT molecular complexity index is 2410. The van der Waals surface area contributed by atoms with E-state index in [1.165, 1.54) is 0 Å². The molecule has 6 aromatic rings. The van der Waals surface area contributed by atoms with Crippen LogP contribution in [0.1, 0.15) is 61.0 Å². The molecule has 3 amide bonds. The molecule has 8 rings (SSSR count). The molecule has 65 heavy (non-hydrogen) atoms. The molecule has 2 saturated heterocycles. The zero-order valence-corrected chi connectivity index (χ0v) is 38.4. The molecule has 2 fully saturated rings. The predicted molar refractivity (Wildman–Crippen MR) is 255 cm³/mol. The summed E-state index contributed by atoms with van der Waals surface area (Å²) in [4.78, 5) is 62.2. The van der Waals surface area contributed by atoms with E-state index in [0.717, 1.165) is 54.1 Å². The Kier molecular flexibility index (Phi) is 18.2. The van der Waals surface area contributed by atoms with Gasteiger partial charge in [-0.05, 0) is 88.6 Å². The van der Waals surface area contributed by atoms with Gasteiger partial charge in [0.2, 0.25) is 0 Å². The van der Waals surface area contributed by atoms with Crippen molar-refractivity contribution in [2.24, 2.45) is 0 Å². The molecular weight excluding hydrogens is 865 g/mol. The van der Waals surface area contributed by atoms with Crippen molar-refractivity contribution in [3.8, 4) is 34.0 Å². The molecule has 15 heteroatoms. The SMILES string of the molecule is CC(C)(C)OC(=O)N1CCN(C(=O)c2cccc(-c3ccccc3)n2)C(COc2cccnc2)C1.Cl.Cl.O=C(c1cccc(-c2ccccc2)n1)N1CCCCC1COc1cccnc1. The minimum absolute atomic E-state index is 0. The van der Waals surface area contributed by atoms with Gasteiger partial charge in [0.25, 0.3) is 11.8 Å². The number of amides is 3. The number of nitrogens with zero attached hydrogens (tertiary/aromatic N) is 7. The Hall–Kier alpha value is -6.57. The molecule has 0 saturated carbocycles. The zero-order chi connectivity index (χ0) is 44.0. The standard InChI is InChI=1S/C27H30N4O4.C23H23N3O2.2ClH/c1-27(2,3)35-26(33)30-15-16-31(21(18-30)19-34-22-11-8-14-28-17-22)25(32)24-13-7-12-23(29-24)20-9-5-4-6-10-20;27-23(22-13-6-12-21(25-22)18-8-2-1-3-9-18)26-15-5-4-10-19(26)17-28-20-11-7-14-24-16-20;;/h4-14,17,21H,15-16,18-19H2,1-3H3;1-3,6-9,11-14,16,19H,4-5,10,15,17H2;2*1H. The van der Waals surface area contributed by atoms with E-state index in [-0.39, 0.29) is 55.3 Å². The molecule has 2 aromatic carbocycles. The number of ether oxygens (including phenoxy) is 3. The van der Waals surface area contributed by atoms with E-state index >= 15 is 0 Å². The number of benzene rings is 2. The molecule has 2 unspecified atom stereocenters. The summed E-state index contributed by atoms with van der Waals surface area (Å²) in [7, 11) is 0. The number of rotatable bonds is 10. The summed E-state index contributed by atoms with van der Waals surface area (Å²) in [5.74, 6) is 1.09. The Morgan fingerprint density at radius 1 is 0.585 bits per heavy atom. The van der Waals surface area contributed by atoms with E-state index in [1.807, 2.05) is 123 Å². The van der Waals surface area contributed by atoms with Gasteiger partial charge in [0.1, 0.15) is 41.7 Å². The van der Waals surface area contributed by atoms with Gasteiger partial charge in [-0.3, -0.25) is 19.6 Å². The van der Waals surface area contributed by atoms with Gasteiger partial charge in [-0.1, -0.05) is 72.8 Å². The highest BCUT2D eigenvalue weighted by molar-refractivity contribution is 5.94. The van der Waals surface area contributed by atoms with Crippen LogP contribution in [0.4, 0.5) is 4.79 Å². The van der Waals surface area contributed by atoms with Crippen molar-refractivity contribution < 1.29 is 28.6 Å². The number of hydrogen-bond donors (Lipinski definition) is 0. The second-order valence-corrected chi connectivity index (χ2v) is 16.3. The molecule has 0 aliphatic carbocycles. The van der Waals surface area contributed by atoms with Gasteiger partial charge >= 0.3 is 6.09 Å². The van der Waals surface area contributed by atoms with E-state index in [4.69, 9.17) is 14.2 Å². The summed E-state index contributed by atoms with van der Waals surface area (Å²) < 4.78 is 17.4. The Balaban J connectivity index is 0.000000242. The first-order chi connectivity index (χ1) is 30.6. The number of pyridine rings is 4. The van der Waals surface area contributed by atoms with Crippen molar-refractivity contribution in [3.63, 3.8) is 0 Å². The maximum absolute atomic E-state index is 13.6. The minimum atomic E-state index is -0.604. The van der Waals surface area contributed by atoms with E-state index in [2.05, 4.69) is 19.9 Å². The van der Waals surface area contributed by atoms with Gasteiger partial charge in [-0.15, -0.1) is 24.8 Å². The number of piperidine rings is 1. The third-order valence-electron chi connectivity index (χ3n) is 10.5. The number of aromatic nitrogens is 4. The normalized spacial score (nSPS) is 15.8. The first-order valence-electron chi connectivity index (χ1n) is 21.3. The second kappa shape index (κ2) is 23.9. The first kappa shape index (κ1) is 49.4. The smallest absolute Gasteiger partial charge is 0.410 e. The Morgan fingerprint density at radius 2 is 1.09 bits per heavy atom. The number of hydrogen-bond acceptors (Lipinski definition) is 10. The summed E-state index contributed by atoms with van der Waals surface area (Å²) in [5.41, 5.74) is 3.71. The van der Waals surface area contributed by atoms with Gasteiger partial charge in [-0.25, -0.2) is 14.8 Å². The molecule has 13 nitrogen and oxygen atoms in total. The third kappa shape index (κ3) is 14.0. The van der Waals surface area contributed by atoms with Crippen LogP contribution in [-0.4, -0.2) is 110 Å². The van der Waals surface area contributed by atoms with E-state index < -0.39 is 11.7 Å². The molecule has 4 aromatic heterocycles. The molecule has 0 radical (unpaired) electrons. The molecule has 2 aliphatic heterocycles. The molecule has 0 spiro atoms. The van der Waals surface area contributed by atoms with Crippen LogP contribution in [0.5, 0.6) is 11.5 Å². The molecule has 6 heterocycles. The van der Waals surface area contributed by atoms with Crippen molar-refractivity contribution in [2.45, 2.75) is 57.7 Å². The van der Waals surface area contributed by atoms with Crippen LogP contribution in [0.2, 0.25) is 0 Å². The van der Waals surface area contributed by atoms with E-state index in [1.54, 1.807) is 58.9 Å². The largest absolute Gasteiger partial charge is 0.490 e. The highest BCUT2D eigenvalue weighted by Crippen LogP contribution is 2.24. The first-order valence-corrected chi connectivity index (χ1v) is 21.3. The van der Waals surface area contributed by atoms with Crippen LogP contribution in [0.15, 0.2) is 146 Å². The second-order valence-electron chi connectivity index (χ2n) is 16.3. The van der Waals surface area contributed by atoms with Crippen LogP contribution in [0, 0.1) is 0 Å². The van der Waals surface area contributed by atoms with Gasteiger partial charge in [-0.2, -0.15) is 0 Å². The quantitative estimate of drug-likeness (QED) is 0.131. The molecule has 340 valence electrons. The van der Waals surface area contributed by atoms with E-state index in [0.29, 0.717) is 43.4 Å². The summed E-state index contributed by atoms with van der Waals surface area (Å²) in [6.07, 6.45) is 9.33. The van der Waals surface area contributed by atoms with Crippen molar-refractivity contribution in [1.29, 1.82) is 0 Å². The van der Waals surface area contributed by atoms with Crippen LogP contribution in [-0.2, 0) is 4.74 Å². The number of piperazine rings is 1. The van der Waals surface area contributed by atoms with Crippen molar-refractivity contribution in [2.75, 3.05) is 39.4 Å². The van der Waals surface area contributed by atoms with Gasteiger partial charge in [0.15, 0.2) is 0 Å². The predicted octanol–water partition coefficient (Wildman–Crippen LogP) is 9.35. The summed E-state index contributed by atoms with van der Waals surface area (Å²) >= 11 is 0. The minimum Gasteiger partial charge on any atom is -0.490 e. The number of halogens is 2. The summed E-state index contributed by atoms with van der Waals surface area (Å²) in [6.45, 7) is 7.90. The van der Waals surface area contributed by atoms with Crippen molar-refractivity contribution in [1.82, 2.24) is 34.6 Å². The summed E-state index contributed by atoms with van der Waals surface area (Å²) in [6, 6.07) is 37.7. The lowest BCUT2D eigenvalue weighted by molar-refractivity contribution is -0.00108. The van der Waals surface area contributed by atoms with Crippen LogP contribution in [0.3, 0.4) is 0 Å². The molecule has 2 aliphatic rings. The van der Waals surface area contributed by atoms with Gasteiger partial charge in [0, 0.05) is 49.7 Å². The maximum Gasteiger partial charge on any atom is 0.410 e. The number of likely N-dealkylation sites (tertiary alicyclic amines) is 1. The monoisotopic (exact) mass is 919 g/mol. The Morgan fingerprint density at radius 3 is 1.58 bits per heavy atom. The van der Waals surface area contributed by atoms with E-state index in [9.17, 15) is 14.4 Å². The summed E-state index contributed by atoms with van der Waals surface area (Å²) in [5, 5.41) is 0. The fraction of sp³-hybridized carbons (Fsp3) is 0.300. The zero-order valence-electron chi connectivity index (χ0n) is 36.8. The van der Waals surface area contributed by atoms with Gasteiger partial charge < -0.3 is 28.9 Å². The number of carbonyl (C=O) groups is 3. The van der Waals surface area contributed by atoms with Crippen LogP contribution in [0.25, 0.3) is 22.5 Å². The lowest BCUT2D eigenvalue weighted by Crippen LogP contribution is -2.59. The third-order valence-corrected chi connectivity index (χ3v) is 10.5. The fourth-order valence-corrected chi connectivity index (χ4v) is 7.39. The molecule has 2 atom stereocenters. The van der Waals surface area contributed by atoms with Crippen molar-refractivity contribution >= 4 is 42.7 Å². The van der Waals surface area contributed by atoms with Gasteiger partial charge in [0.05, 0.1) is 35.9 Å². The Labute approximate surface area is 393 Å².